The highest BCUT2D eigenvalue weighted by Crippen LogP contribution is 2.34. The molecule has 2 aliphatic rings. The van der Waals surface area contributed by atoms with Crippen LogP contribution in [0.15, 0.2) is 42.5 Å². The lowest BCUT2D eigenvalue weighted by atomic mass is 10.0. The van der Waals surface area contributed by atoms with E-state index in [-0.39, 0.29) is 36.4 Å². The van der Waals surface area contributed by atoms with Crippen molar-refractivity contribution in [2.24, 2.45) is 0 Å². The Hall–Kier alpha value is -4.09. The molecular formula is C24H25F2N7O3. The summed E-state index contributed by atoms with van der Waals surface area (Å²) in [5.74, 6) is -1.24. The number of aromatic nitrogens is 4. The first-order valence-electron chi connectivity index (χ1n) is 11.7. The van der Waals surface area contributed by atoms with E-state index in [0.29, 0.717) is 31.8 Å². The number of tetrazole rings is 1. The third-order valence-corrected chi connectivity index (χ3v) is 6.33. The smallest absolute Gasteiger partial charge is 0.414 e. The number of carbonyl (C=O) groups is 2. The topological polar surface area (TPSA) is 105 Å². The van der Waals surface area contributed by atoms with E-state index in [9.17, 15) is 9.59 Å². The zero-order valence-electron chi connectivity index (χ0n) is 19.6. The van der Waals surface area contributed by atoms with Crippen molar-refractivity contribution in [1.29, 1.82) is 0 Å². The molecule has 1 N–H and O–H groups in total. The Morgan fingerprint density at radius 1 is 1.14 bits per heavy atom. The number of amides is 2. The van der Waals surface area contributed by atoms with E-state index in [1.165, 1.54) is 6.92 Å². The minimum atomic E-state index is -0.758. The van der Waals surface area contributed by atoms with Crippen LogP contribution < -0.4 is 15.1 Å². The minimum absolute atomic E-state index is 0.0310. The second-order valence-electron chi connectivity index (χ2n) is 8.83. The summed E-state index contributed by atoms with van der Waals surface area (Å²) in [5, 5.41) is 15.4. The summed E-state index contributed by atoms with van der Waals surface area (Å²) in [6.45, 7) is 2.38. The number of benzene rings is 2. The van der Waals surface area contributed by atoms with Gasteiger partial charge in [-0.2, -0.15) is 4.80 Å². The first-order chi connectivity index (χ1) is 17.4. The molecule has 3 aromatic rings. The molecule has 36 heavy (non-hydrogen) atoms. The van der Waals surface area contributed by atoms with Crippen LogP contribution in [0.3, 0.4) is 0 Å². The molecule has 0 bridgehead atoms. The third-order valence-electron chi connectivity index (χ3n) is 6.33. The van der Waals surface area contributed by atoms with Crippen molar-refractivity contribution in [3.05, 3.63) is 54.1 Å². The van der Waals surface area contributed by atoms with Crippen molar-refractivity contribution < 1.29 is 23.1 Å². The van der Waals surface area contributed by atoms with Crippen LogP contribution in [-0.2, 0) is 9.53 Å². The molecule has 0 spiro atoms. The quantitative estimate of drug-likeness (QED) is 0.558. The molecule has 1 atom stereocenters. The van der Waals surface area contributed by atoms with Crippen molar-refractivity contribution in [2.45, 2.75) is 31.9 Å². The monoisotopic (exact) mass is 497 g/mol. The Balaban J connectivity index is 1.24. The molecule has 5 rings (SSSR count). The first-order valence-corrected chi connectivity index (χ1v) is 11.7. The Bertz CT molecular complexity index is 1240. The number of anilines is 2. The second-order valence-corrected chi connectivity index (χ2v) is 8.83. The van der Waals surface area contributed by atoms with Crippen LogP contribution in [0.25, 0.3) is 11.4 Å². The van der Waals surface area contributed by atoms with E-state index >= 15 is 8.78 Å². The average molecular weight is 498 g/mol. The predicted molar refractivity (Wildman–Crippen MR) is 126 cm³/mol. The van der Waals surface area contributed by atoms with Crippen molar-refractivity contribution in [1.82, 2.24) is 25.5 Å². The summed E-state index contributed by atoms with van der Waals surface area (Å²) < 4.78 is 35.3. The SMILES string of the molecule is CC(=O)NC[C@H]1CN(c2cc(F)c(N3CCC(n4nnc(-c5ccccc5)n4)CC3)c(F)c2)C(=O)O1. The zero-order valence-corrected chi connectivity index (χ0v) is 19.6. The first kappa shape index (κ1) is 23.6. The Labute approximate surface area is 205 Å². The molecule has 2 amide bonds. The Kier molecular flexibility index (Phi) is 6.49. The number of carbonyl (C=O) groups excluding carboxylic acids is 2. The molecule has 2 fully saturated rings. The summed E-state index contributed by atoms with van der Waals surface area (Å²) in [6.07, 6.45) is -0.129. The molecule has 2 aromatic carbocycles. The van der Waals surface area contributed by atoms with Gasteiger partial charge in [0.1, 0.15) is 11.8 Å². The highest BCUT2D eigenvalue weighted by molar-refractivity contribution is 5.90. The van der Waals surface area contributed by atoms with Crippen LogP contribution in [-0.4, -0.2) is 64.5 Å². The standard InChI is InChI=1S/C24H25F2N7O3/c1-15(34)27-13-19-14-32(24(35)36-19)18-11-20(25)22(21(26)12-18)31-9-7-17(8-10-31)33-29-23(28-30-33)16-5-3-2-4-6-16/h2-6,11-12,17,19H,7-10,13-14H2,1H3,(H,27,34)/t19-/m0/s1. The highest BCUT2D eigenvalue weighted by atomic mass is 19.1. The van der Waals surface area contributed by atoms with Crippen LogP contribution in [0, 0.1) is 11.6 Å². The maximum absolute atomic E-state index is 15.1. The van der Waals surface area contributed by atoms with Crippen molar-refractivity contribution in [3.63, 3.8) is 0 Å². The van der Waals surface area contributed by atoms with Crippen molar-refractivity contribution in [3.8, 4) is 11.4 Å². The Morgan fingerprint density at radius 3 is 2.50 bits per heavy atom. The number of nitrogens with zero attached hydrogens (tertiary/aromatic N) is 6. The lowest BCUT2D eigenvalue weighted by Crippen LogP contribution is -2.36. The van der Waals surface area contributed by atoms with Crippen LogP contribution in [0.1, 0.15) is 25.8 Å². The second kappa shape index (κ2) is 9.88. The minimum Gasteiger partial charge on any atom is -0.442 e. The molecule has 188 valence electrons. The number of ether oxygens (including phenoxy) is 1. The maximum atomic E-state index is 15.1. The summed E-state index contributed by atoms with van der Waals surface area (Å²) in [6, 6.07) is 11.8. The number of nitrogens with one attached hydrogen (secondary N) is 1. The van der Waals surface area contributed by atoms with Crippen LogP contribution in [0.2, 0.25) is 0 Å². The Morgan fingerprint density at radius 2 is 1.83 bits per heavy atom. The van der Waals surface area contributed by atoms with Gasteiger partial charge in [0.2, 0.25) is 11.7 Å². The van der Waals surface area contributed by atoms with Crippen LogP contribution >= 0.6 is 0 Å². The highest BCUT2D eigenvalue weighted by Gasteiger charge is 2.34. The lowest BCUT2D eigenvalue weighted by molar-refractivity contribution is -0.119. The normalized spacial score (nSPS) is 18.4. The van der Waals surface area contributed by atoms with E-state index in [1.807, 2.05) is 30.3 Å². The molecular weight excluding hydrogens is 472 g/mol. The average Bonchev–Trinajstić information content (AvgIpc) is 3.50. The number of hydrogen-bond acceptors (Lipinski definition) is 7. The number of piperidine rings is 1. The number of hydrogen-bond donors (Lipinski definition) is 1. The lowest BCUT2D eigenvalue weighted by Gasteiger charge is -2.33. The molecule has 12 heteroatoms. The molecule has 1 aromatic heterocycles. The molecule has 0 unspecified atom stereocenters. The third kappa shape index (κ3) is 4.83. The van der Waals surface area contributed by atoms with E-state index < -0.39 is 23.8 Å². The summed E-state index contributed by atoms with van der Waals surface area (Å²) in [5.41, 5.74) is 0.809. The zero-order chi connectivity index (χ0) is 25.2. The van der Waals surface area contributed by atoms with Gasteiger partial charge in [0, 0.05) is 37.7 Å². The van der Waals surface area contributed by atoms with E-state index in [0.717, 1.165) is 22.6 Å². The van der Waals surface area contributed by atoms with Gasteiger partial charge in [0.15, 0.2) is 11.6 Å². The van der Waals surface area contributed by atoms with E-state index in [2.05, 4.69) is 20.7 Å². The molecule has 0 aliphatic carbocycles. The van der Waals surface area contributed by atoms with E-state index in [4.69, 9.17) is 4.74 Å². The van der Waals surface area contributed by atoms with Gasteiger partial charge >= 0.3 is 6.09 Å². The molecule has 10 nitrogen and oxygen atoms in total. The van der Waals surface area contributed by atoms with Gasteiger partial charge in [-0.15, -0.1) is 10.2 Å². The van der Waals surface area contributed by atoms with Crippen LogP contribution in [0.5, 0.6) is 0 Å². The molecule has 0 saturated carbocycles. The van der Waals surface area contributed by atoms with Gasteiger partial charge in [-0.25, -0.2) is 13.6 Å². The molecule has 3 heterocycles. The summed E-state index contributed by atoms with van der Waals surface area (Å²) in [7, 11) is 0. The maximum Gasteiger partial charge on any atom is 0.414 e. The van der Waals surface area contributed by atoms with Gasteiger partial charge in [-0.3, -0.25) is 9.69 Å². The summed E-state index contributed by atoms with van der Waals surface area (Å²) in [4.78, 5) is 27.7. The van der Waals surface area contributed by atoms with Gasteiger partial charge in [0.05, 0.1) is 24.8 Å². The fourth-order valence-corrected chi connectivity index (χ4v) is 4.51. The van der Waals surface area contributed by atoms with Gasteiger partial charge in [-0.1, -0.05) is 30.3 Å². The van der Waals surface area contributed by atoms with Gasteiger partial charge < -0.3 is 15.0 Å². The van der Waals surface area contributed by atoms with Crippen molar-refractivity contribution in [2.75, 3.05) is 36.0 Å². The number of cyclic esters (lactones) is 1. The van der Waals surface area contributed by atoms with E-state index in [1.54, 1.807) is 9.70 Å². The van der Waals surface area contributed by atoms with Crippen LogP contribution in [0.4, 0.5) is 25.0 Å². The largest absolute Gasteiger partial charge is 0.442 e. The summed E-state index contributed by atoms with van der Waals surface area (Å²) >= 11 is 0. The predicted octanol–water partition coefficient (Wildman–Crippen LogP) is 2.92. The van der Waals surface area contributed by atoms with Gasteiger partial charge in [-0.05, 0) is 18.1 Å². The van der Waals surface area contributed by atoms with Crippen molar-refractivity contribution >= 4 is 23.4 Å². The molecule has 0 radical (unpaired) electrons. The fraction of sp³-hybridized carbons (Fsp3) is 0.375. The van der Waals surface area contributed by atoms with Gasteiger partial charge in [0.25, 0.3) is 0 Å². The number of halogens is 2. The fourth-order valence-electron chi connectivity index (χ4n) is 4.51. The molecule has 2 aliphatic heterocycles. The number of rotatable bonds is 6. The molecule has 2 saturated heterocycles.